The number of benzene rings is 1. The molecule has 0 saturated carbocycles. The minimum atomic E-state index is 0.355. The first-order chi connectivity index (χ1) is 12.4. The van der Waals surface area contributed by atoms with Gasteiger partial charge >= 0.3 is 0 Å². The van der Waals surface area contributed by atoms with Gasteiger partial charge in [0, 0.05) is 25.3 Å². The zero-order valence-corrected chi connectivity index (χ0v) is 13.9. The maximum atomic E-state index is 4.18. The van der Waals surface area contributed by atoms with Crippen molar-refractivity contribution in [1.82, 2.24) is 30.4 Å². The molecule has 0 unspecified atom stereocenters. The first-order valence-electron chi connectivity index (χ1n) is 8.48. The molecular weight excluding hydrogens is 316 g/mol. The van der Waals surface area contributed by atoms with E-state index in [2.05, 4.69) is 48.1 Å². The van der Waals surface area contributed by atoms with E-state index in [4.69, 9.17) is 0 Å². The van der Waals surface area contributed by atoms with Crippen LogP contribution in [-0.2, 0) is 6.54 Å². The summed E-state index contributed by atoms with van der Waals surface area (Å²) in [5.74, 6) is 1.66. The Morgan fingerprint density at radius 2 is 1.84 bits per heavy atom. The number of hydrogen-bond donors (Lipinski definition) is 1. The van der Waals surface area contributed by atoms with Crippen LogP contribution in [-0.4, -0.2) is 49.5 Å². The summed E-state index contributed by atoms with van der Waals surface area (Å²) in [5.41, 5.74) is 1.18. The molecule has 3 heterocycles. The Morgan fingerprint density at radius 3 is 2.60 bits per heavy atom. The summed E-state index contributed by atoms with van der Waals surface area (Å²) in [6.07, 6.45) is 3.72. The zero-order chi connectivity index (χ0) is 16.9. The van der Waals surface area contributed by atoms with E-state index >= 15 is 0 Å². The number of anilines is 2. The molecule has 0 radical (unpaired) electrons. The Bertz CT molecular complexity index is 781. The average molecular weight is 336 g/mol. The number of aromatic nitrogens is 6. The second-order valence-corrected chi connectivity index (χ2v) is 6.13. The summed E-state index contributed by atoms with van der Waals surface area (Å²) in [7, 11) is 0. The molecule has 1 N–H and O–H groups in total. The average Bonchev–Trinajstić information content (AvgIpc) is 3.10. The van der Waals surface area contributed by atoms with Gasteiger partial charge in [-0.25, -0.2) is 4.68 Å². The van der Waals surface area contributed by atoms with Gasteiger partial charge in [0.15, 0.2) is 5.82 Å². The molecule has 1 aliphatic rings. The lowest BCUT2D eigenvalue weighted by Crippen LogP contribution is -2.40. The number of tetrazole rings is 1. The third kappa shape index (κ3) is 3.73. The monoisotopic (exact) mass is 336 g/mol. The summed E-state index contributed by atoms with van der Waals surface area (Å²) in [6.45, 7) is 2.54. The van der Waals surface area contributed by atoms with E-state index in [0.29, 0.717) is 12.6 Å². The van der Waals surface area contributed by atoms with Crippen molar-refractivity contribution < 1.29 is 0 Å². The van der Waals surface area contributed by atoms with Gasteiger partial charge in [0.05, 0.1) is 6.54 Å². The van der Waals surface area contributed by atoms with Gasteiger partial charge in [0.25, 0.3) is 0 Å². The summed E-state index contributed by atoms with van der Waals surface area (Å²) in [5, 5.41) is 23.7. The fourth-order valence-electron chi connectivity index (χ4n) is 3.07. The summed E-state index contributed by atoms with van der Waals surface area (Å²) in [4.78, 5) is 2.26. The van der Waals surface area contributed by atoms with Gasteiger partial charge in [-0.2, -0.15) is 5.10 Å². The van der Waals surface area contributed by atoms with E-state index in [1.54, 1.807) is 6.20 Å². The van der Waals surface area contributed by atoms with Crippen molar-refractivity contribution in [2.24, 2.45) is 0 Å². The molecule has 1 saturated heterocycles. The molecule has 2 aromatic heterocycles. The van der Waals surface area contributed by atoms with E-state index in [1.165, 1.54) is 5.56 Å². The lowest BCUT2D eigenvalue weighted by Gasteiger charge is -2.32. The van der Waals surface area contributed by atoms with Gasteiger partial charge in [0.1, 0.15) is 0 Å². The highest BCUT2D eigenvalue weighted by Crippen LogP contribution is 2.19. The van der Waals surface area contributed by atoms with E-state index < -0.39 is 0 Å². The standard InChI is InChI=1S/C17H20N8/c1-2-5-14(6-3-1)13-25-17(21-22-23-25)19-15-8-11-24(12-9-15)16-7-4-10-18-20-16/h1-7,10,15H,8-9,11-13H2,(H,19,21,23). The zero-order valence-electron chi connectivity index (χ0n) is 13.9. The van der Waals surface area contributed by atoms with Crippen LogP contribution in [0.3, 0.4) is 0 Å². The summed E-state index contributed by atoms with van der Waals surface area (Å²) >= 11 is 0. The molecule has 0 bridgehead atoms. The predicted octanol–water partition coefficient (Wildman–Crippen LogP) is 1.59. The molecule has 4 rings (SSSR count). The van der Waals surface area contributed by atoms with Crippen molar-refractivity contribution in [2.75, 3.05) is 23.3 Å². The van der Waals surface area contributed by atoms with Gasteiger partial charge < -0.3 is 10.2 Å². The van der Waals surface area contributed by atoms with Crippen LogP contribution >= 0.6 is 0 Å². The van der Waals surface area contributed by atoms with Crippen molar-refractivity contribution in [1.29, 1.82) is 0 Å². The van der Waals surface area contributed by atoms with Gasteiger partial charge in [-0.15, -0.1) is 5.10 Å². The summed E-state index contributed by atoms with van der Waals surface area (Å²) < 4.78 is 1.81. The predicted molar refractivity (Wildman–Crippen MR) is 94.3 cm³/mol. The third-order valence-electron chi connectivity index (χ3n) is 4.42. The van der Waals surface area contributed by atoms with Crippen LogP contribution in [0.1, 0.15) is 18.4 Å². The Hall–Kier alpha value is -3.03. The lowest BCUT2D eigenvalue weighted by molar-refractivity contribution is 0.515. The van der Waals surface area contributed by atoms with Crippen LogP contribution in [0.2, 0.25) is 0 Å². The van der Waals surface area contributed by atoms with Gasteiger partial charge in [0.2, 0.25) is 5.95 Å². The third-order valence-corrected chi connectivity index (χ3v) is 4.42. The molecule has 8 heteroatoms. The number of hydrogen-bond acceptors (Lipinski definition) is 7. The summed E-state index contributed by atoms with van der Waals surface area (Å²) in [6, 6.07) is 14.5. The molecule has 128 valence electrons. The molecule has 8 nitrogen and oxygen atoms in total. The largest absolute Gasteiger partial charge is 0.355 e. The minimum absolute atomic E-state index is 0.355. The molecule has 3 aromatic rings. The Kier molecular flexibility index (Phi) is 4.49. The quantitative estimate of drug-likeness (QED) is 0.757. The van der Waals surface area contributed by atoms with Crippen molar-refractivity contribution in [3.8, 4) is 0 Å². The van der Waals surface area contributed by atoms with Crippen molar-refractivity contribution >= 4 is 11.8 Å². The smallest absolute Gasteiger partial charge is 0.243 e. The number of nitrogens with zero attached hydrogens (tertiary/aromatic N) is 7. The number of rotatable bonds is 5. The molecule has 0 amide bonds. The number of piperidine rings is 1. The van der Waals surface area contributed by atoms with Crippen molar-refractivity contribution in [3.63, 3.8) is 0 Å². The fourth-order valence-corrected chi connectivity index (χ4v) is 3.07. The molecule has 1 fully saturated rings. The van der Waals surface area contributed by atoms with Crippen LogP contribution in [0.25, 0.3) is 0 Å². The van der Waals surface area contributed by atoms with Crippen LogP contribution in [0.5, 0.6) is 0 Å². The SMILES string of the molecule is c1ccc(Cn2nnnc2NC2CCN(c3cccnn3)CC2)cc1. The second kappa shape index (κ2) is 7.25. The van der Waals surface area contributed by atoms with Crippen molar-refractivity contribution in [3.05, 3.63) is 54.2 Å². The fraction of sp³-hybridized carbons (Fsp3) is 0.353. The Morgan fingerprint density at radius 1 is 1.00 bits per heavy atom. The highest BCUT2D eigenvalue weighted by Gasteiger charge is 2.21. The maximum absolute atomic E-state index is 4.18. The topological polar surface area (TPSA) is 84.7 Å². The minimum Gasteiger partial charge on any atom is -0.355 e. The van der Waals surface area contributed by atoms with Crippen LogP contribution < -0.4 is 10.2 Å². The Labute approximate surface area is 145 Å². The molecule has 0 aliphatic carbocycles. The van der Waals surface area contributed by atoms with Crippen LogP contribution in [0.15, 0.2) is 48.7 Å². The molecular formula is C17H20N8. The van der Waals surface area contributed by atoms with E-state index in [-0.39, 0.29) is 0 Å². The lowest BCUT2D eigenvalue weighted by atomic mass is 10.1. The Balaban J connectivity index is 1.36. The van der Waals surface area contributed by atoms with E-state index in [9.17, 15) is 0 Å². The molecule has 25 heavy (non-hydrogen) atoms. The maximum Gasteiger partial charge on any atom is 0.243 e. The molecule has 0 spiro atoms. The highest BCUT2D eigenvalue weighted by atomic mass is 15.6. The van der Waals surface area contributed by atoms with Crippen molar-refractivity contribution in [2.45, 2.75) is 25.4 Å². The molecule has 1 aromatic carbocycles. The second-order valence-electron chi connectivity index (χ2n) is 6.13. The first kappa shape index (κ1) is 15.5. The van der Waals surface area contributed by atoms with Crippen LogP contribution in [0, 0.1) is 0 Å². The molecule has 0 atom stereocenters. The van der Waals surface area contributed by atoms with E-state index in [1.807, 2.05) is 35.0 Å². The molecule has 1 aliphatic heterocycles. The first-order valence-corrected chi connectivity index (χ1v) is 8.48. The van der Waals surface area contributed by atoms with E-state index in [0.717, 1.165) is 37.7 Å². The number of nitrogens with one attached hydrogen (secondary N) is 1. The van der Waals surface area contributed by atoms with Gasteiger partial charge in [-0.05, 0) is 41.0 Å². The normalized spacial score (nSPS) is 15.3. The van der Waals surface area contributed by atoms with Gasteiger partial charge in [-0.1, -0.05) is 35.4 Å². The van der Waals surface area contributed by atoms with Crippen LogP contribution in [0.4, 0.5) is 11.8 Å². The van der Waals surface area contributed by atoms with Gasteiger partial charge in [-0.3, -0.25) is 0 Å². The highest BCUT2D eigenvalue weighted by molar-refractivity contribution is 5.37.